The maximum absolute atomic E-state index is 13.2. The Labute approximate surface area is 271 Å². The summed E-state index contributed by atoms with van der Waals surface area (Å²) in [6.07, 6.45) is 0.250. The van der Waals surface area contributed by atoms with Crippen molar-refractivity contribution in [2.24, 2.45) is 0 Å². The smallest absolute Gasteiger partial charge is 0.330 e. The number of hydrogen-bond donors (Lipinski definition) is 5. The molecule has 0 saturated carbocycles. The number of aromatic nitrogens is 6. The summed E-state index contributed by atoms with van der Waals surface area (Å²) in [6, 6.07) is 8.76. The number of imidazole rings is 1. The van der Waals surface area contributed by atoms with Crippen LogP contribution in [0.25, 0.3) is 11.2 Å². The number of nitrogens with zero attached hydrogens (tertiary/aromatic N) is 5. The molecule has 5 rings (SSSR count). The van der Waals surface area contributed by atoms with Gasteiger partial charge in [-0.3, -0.25) is 28.7 Å². The number of fused-ring (bicyclic) bond motifs is 1. The van der Waals surface area contributed by atoms with Gasteiger partial charge in [-0.15, -0.1) is 0 Å². The number of amides is 2. The lowest BCUT2D eigenvalue weighted by Crippen LogP contribution is -2.38. The number of carboxylic acids is 1. The number of aliphatic hydroxyl groups is 1. The van der Waals surface area contributed by atoms with Crippen molar-refractivity contribution in [3.05, 3.63) is 75.1 Å². The second kappa shape index (κ2) is 15.4. The molecule has 48 heavy (non-hydrogen) atoms. The number of benzene rings is 1. The van der Waals surface area contributed by atoms with Crippen LogP contribution >= 0.6 is 0 Å². The number of anilines is 1. The molecule has 1 fully saturated rings. The van der Waals surface area contributed by atoms with Gasteiger partial charge >= 0.3 is 11.7 Å². The van der Waals surface area contributed by atoms with Gasteiger partial charge in [0, 0.05) is 31.3 Å². The zero-order valence-electron chi connectivity index (χ0n) is 25.8. The third-order valence-electron chi connectivity index (χ3n) is 7.35. The van der Waals surface area contributed by atoms with Gasteiger partial charge in [0.15, 0.2) is 18.1 Å². The summed E-state index contributed by atoms with van der Waals surface area (Å²) in [7, 11) is 0. The number of H-pyrrole nitrogens is 2. The number of aliphatic hydroxyl groups excluding tert-OH is 1. The quantitative estimate of drug-likeness (QED) is 0.103. The average molecular weight is 667 g/mol. The number of carboxylic acid groups (broad SMARTS) is 1. The minimum atomic E-state index is -1.22. The van der Waals surface area contributed by atoms with Crippen molar-refractivity contribution >= 4 is 34.8 Å². The molecule has 5 N–H and O–H groups in total. The van der Waals surface area contributed by atoms with Gasteiger partial charge in [0.1, 0.15) is 36.0 Å². The summed E-state index contributed by atoms with van der Waals surface area (Å²) in [6.45, 7) is 0.779. The van der Waals surface area contributed by atoms with Gasteiger partial charge in [0.2, 0.25) is 5.91 Å². The number of carbonyl (C=O) groups is 3. The number of para-hydroxylation sites is 1. The first-order valence-electron chi connectivity index (χ1n) is 15.0. The first-order valence-corrected chi connectivity index (χ1v) is 15.0. The molecule has 0 bridgehead atoms. The summed E-state index contributed by atoms with van der Waals surface area (Å²) in [4.78, 5) is 80.0. The molecule has 1 aromatic carbocycles. The molecule has 18 heteroatoms. The predicted molar refractivity (Wildman–Crippen MR) is 166 cm³/mol. The molecular weight excluding hydrogens is 632 g/mol. The van der Waals surface area contributed by atoms with Crippen molar-refractivity contribution in [1.29, 1.82) is 0 Å². The fourth-order valence-electron chi connectivity index (χ4n) is 4.98. The maximum Gasteiger partial charge on any atom is 0.330 e. The van der Waals surface area contributed by atoms with Crippen LogP contribution in [0.3, 0.4) is 0 Å². The molecule has 0 spiro atoms. The third kappa shape index (κ3) is 8.66. The largest absolute Gasteiger partial charge is 0.484 e. The van der Waals surface area contributed by atoms with Crippen molar-refractivity contribution in [2.75, 3.05) is 38.2 Å². The Hall–Kier alpha value is -5.46. The number of aryl methyl sites for hydroxylation is 1. The van der Waals surface area contributed by atoms with E-state index in [4.69, 9.17) is 14.2 Å². The SMILES string of the molecule is Cc1cn([C@H]2C[C@H](O)[C@@H](COCCCN(CC(=O)O)C(=O)Cc3nc(NC(=O)COc4ccccc4)c4[nH]cnc4n3)O2)c(=O)[nH]c1=O. The number of rotatable bonds is 15. The van der Waals surface area contributed by atoms with Crippen LogP contribution in [0.2, 0.25) is 0 Å². The molecule has 254 valence electrons. The van der Waals surface area contributed by atoms with Crippen LogP contribution in [0, 0.1) is 6.92 Å². The highest BCUT2D eigenvalue weighted by molar-refractivity contribution is 5.97. The van der Waals surface area contributed by atoms with E-state index in [1.54, 1.807) is 31.2 Å². The monoisotopic (exact) mass is 666 g/mol. The molecule has 4 heterocycles. The van der Waals surface area contributed by atoms with Crippen LogP contribution in [-0.4, -0.2) is 108 Å². The van der Waals surface area contributed by atoms with Crippen LogP contribution in [0.1, 0.15) is 30.5 Å². The molecule has 2 amide bonds. The Morgan fingerprint density at radius 1 is 1.19 bits per heavy atom. The molecule has 0 radical (unpaired) electrons. The lowest BCUT2D eigenvalue weighted by atomic mass is 10.2. The Balaban J connectivity index is 1.13. The molecule has 1 aliphatic rings. The van der Waals surface area contributed by atoms with E-state index in [-0.39, 0.29) is 62.9 Å². The van der Waals surface area contributed by atoms with Crippen LogP contribution < -0.4 is 21.3 Å². The van der Waals surface area contributed by atoms with E-state index >= 15 is 0 Å². The Morgan fingerprint density at radius 3 is 2.75 bits per heavy atom. The van der Waals surface area contributed by atoms with E-state index in [1.807, 2.05) is 6.07 Å². The lowest BCUT2D eigenvalue weighted by molar-refractivity contribution is -0.144. The van der Waals surface area contributed by atoms with Gasteiger partial charge in [-0.05, 0) is 25.5 Å². The Morgan fingerprint density at radius 2 is 1.98 bits per heavy atom. The topological polar surface area (TPSA) is 244 Å². The van der Waals surface area contributed by atoms with Crippen molar-refractivity contribution in [1.82, 2.24) is 34.4 Å². The first kappa shape index (κ1) is 33.9. The van der Waals surface area contributed by atoms with E-state index in [0.717, 1.165) is 4.90 Å². The van der Waals surface area contributed by atoms with E-state index in [2.05, 4.69) is 30.2 Å². The molecule has 0 unspecified atom stereocenters. The summed E-state index contributed by atoms with van der Waals surface area (Å²) in [5.41, 5.74) is -0.309. The Kier molecular flexibility index (Phi) is 10.9. The first-order chi connectivity index (χ1) is 23.1. The fourth-order valence-corrected chi connectivity index (χ4v) is 4.98. The summed E-state index contributed by atoms with van der Waals surface area (Å²) >= 11 is 0. The highest BCUT2D eigenvalue weighted by Gasteiger charge is 2.35. The van der Waals surface area contributed by atoms with Gasteiger partial charge in [0.25, 0.3) is 11.5 Å². The number of ether oxygens (including phenoxy) is 3. The molecule has 1 saturated heterocycles. The second-order valence-corrected chi connectivity index (χ2v) is 11.0. The van der Waals surface area contributed by atoms with Crippen molar-refractivity contribution in [3.8, 4) is 5.75 Å². The zero-order chi connectivity index (χ0) is 34.2. The predicted octanol–water partition coefficient (Wildman–Crippen LogP) is -0.260. The normalized spacial score (nSPS) is 17.3. The molecule has 4 aromatic rings. The van der Waals surface area contributed by atoms with Gasteiger partial charge in [0.05, 0.1) is 25.5 Å². The summed E-state index contributed by atoms with van der Waals surface area (Å²) in [5, 5.41) is 22.5. The minimum Gasteiger partial charge on any atom is -0.484 e. The molecule has 1 aliphatic heterocycles. The van der Waals surface area contributed by atoms with Crippen molar-refractivity contribution in [2.45, 2.75) is 44.6 Å². The Bertz CT molecular complexity index is 1870. The summed E-state index contributed by atoms with van der Waals surface area (Å²) in [5.74, 6) is -1.70. The molecule has 0 aliphatic carbocycles. The standard InChI is InChI=1S/C30H34N8O10/c1-17-12-38(30(45)36-29(17)44)24-10-19(39)20(48-24)14-46-9-5-8-37(13-25(42)43)23(41)11-21-33-27-26(31-16-32-27)28(34-21)35-22(40)15-47-18-6-3-2-4-7-18/h2-4,6-7,12,16,19-20,24,39H,5,8-11,13-15H2,1H3,(H,42,43)(H,36,44,45)(H2,31,32,33,34,35,40)/t19-,20+,24+/m0/s1. The van der Waals surface area contributed by atoms with E-state index in [1.165, 1.54) is 17.1 Å². The van der Waals surface area contributed by atoms with Gasteiger partial charge in [-0.1, -0.05) is 18.2 Å². The highest BCUT2D eigenvalue weighted by atomic mass is 16.6. The number of hydrogen-bond acceptors (Lipinski definition) is 12. The average Bonchev–Trinajstić information content (AvgIpc) is 3.68. The van der Waals surface area contributed by atoms with Crippen molar-refractivity contribution < 1.29 is 38.8 Å². The molecule has 18 nitrogen and oxygen atoms in total. The van der Waals surface area contributed by atoms with Gasteiger partial charge < -0.3 is 39.6 Å². The minimum absolute atomic E-state index is 0.0178. The number of aliphatic carboxylic acids is 1. The van der Waals surface area contributed by atoms with E-state index in [0.29, 0.717) is 16.8 Å². The number of nitrogens with one attached hydrogen (secondary N) is 3. The van der Waals surface area contributed by atoms with Crippen LogP contribution in [0.4, 0.5) is 5.82 Å². The number of aromatic amines is 2. The number of carbonyl (C=O) groups excluding carboxylic acids is 2. The lowest BCUT2D eigenvalue weighted by Gasteiger charge is -2.21. The second-order valence-electron chi connectivity index (χ2n) is 11.0. The molecule has 3 atom stereocenters. The van der Waals surface area contributed by atoms with Crippen LogP contribution in [0.5, 0.6) is 5.75 Å². The van der Waals surface area contributed by atoms with E-state index < -0.39 is 54.0 Å². The molecular formula is C30H34N8O10. The molecule has 3 aromatic heterocycles. The fraction of sp³-hybridized carbons (Fsp3) is 0.400. The zero-order valence-corrected chi connectivity index (χ0v) is 25.8. The van der Waals surface area contributed by atoms with Gasteiger partial charge in [-0.25, -0.2) is 19.7 Å². The highest BCUT2D eigenvalue weighted by Crippen LogP contribution is 2.28. The van der Waals surface area contributed by atoms with E-state index in [9.17, 15) is 34.2 Å². The van der Waals surface area contributed by atoms with Gasteiger partial charge in [-0.2, -0.15) is 0 Å². The third-order valence-corrected chi connectivity index (χ3v) is 7.35. The van der Waals surface area contributed by atoms with Crippen molar-refractivity contribution in [3.63, 3.8) is 0 Å². The van der Waals surface area contributed by atoms with Crippen LogP contribution in [0.15, 0.2) is 52.4 Å². The van der Waals surface area contributed by atoms with Crippen LogP contribution in [-0.2, 0) is 30.3 Å². The maximum atomic E-state index is 13.2. The summed E-state index contributed by atoms with van der Waals surface area (Å²) < 4.78 is 18.1.